The SMILES string of the molecule is COc1cccc(C2CCN(Cc3cc(OC)c4c(c3)OCO4)c3ccccc3S2)c1. The minimum absolute atomic E-state index is 0.237. The highest BCUT2D eigenvalue weighted by molar-refractivity contribution is 7.99. The molecule has 0 amide bonds. The first-order valence-electron chi connectivity index (χ1n) is 10.4. The topological polar surface area (TPSA) is 40.2 Å². The third-order valence-electron chi connectivity index (χ3n) is 5.69. The van der Waals surface area contributed by atoms with Crippen molar-refractivity contribution in [3.8, 4) is 23.0 Å². The number of anilines is 1. The van der Waals surface area contributed by atoms with E-state index in [0.29, 0.717) is 11.0 Å². The van der Waals surface area contributed by atoms with Crippen LogP contribution in [0.3, 0.4) is 0 Å². The first-order valence-corrected chi connectivity index (χ1v) is 11.2. The van der Waals surface area contributed by atoms with E-state index in [4.69, 9.17) is 18.9 Å². The van der Waals surface area contributed by atoms with Crippen LogP contribution in [0.25, 0.3) is 0 Å². The predicted molar refractivity (Wildman–Crippen MR) is 123 cm³/mol. The molecule has 6 heteroatoms. The van der Waals surface area contributed by atoms with Crippen molar-refractivity contribution < 1.29 is 18.9 Å². The normalized spacial score (nSPS) is 17.1. The van der Waals surface area contributed by atoms with Crippen molar-refractivity contribution in [3.05, 3.63) is 71.8 Å². The third-order valence-corrected chi connectivity index (χ3v) is 7.09. The summed E-state index contributed by atoms with van der Waals surface area (Å²) in [6, 6.07) is 21.2. The number of hydrogen-bond donors (Lipinski definition) is 0. The predicted octanol–water partition coefficient (Wildman–Crippen LogP) is 5.68. The molecular weight excluding hydrogens is 410 g/mol. The Balaban J connectivity index is 1.44. The van der Waals surface area contributed by atoms with Gasteiger partial charge in [-0.1, -0.05) is 24.3 Å². The minimum Gasteiger partial charge on any atom is -0.497 e. The highest BCUT2D eigenvalue weighted by Gasteiger charge is 2.25. The molecule has 3 aromatic rings. The Kier molecular flexibility index (Phi) is 5.55. The van der Waals surface area contributed by atoms with E-state index < -0.39 is 0 Å². The number of methoxy groups -OCH3 is 2. The molecular formula is C25H25NO4S. The van der Waals surface area contributed by atoms with Crippen molar-refractivity contribution in [1.82, 2.24) is 0 Å². The molecule has 1 unspecified atom stereocenters. The number of fused-ring (bicyclic) bond motifs is 2. The molecule has 5 rings (SSSR count). The van der Waals surface area contributed by atoms with Crippen LogP contribution in [-0.4, -0.2) is 27.6 Å². The number of hydrogen-bond acceptors (Lipinski definition) is 6. The van der Waals surface area contributed by atoms with E-state index in [1.165, 1.54) is 16.1 Å². The molecule has 0 saturated heterocycles. The van der Waals surface area contributed by atoms with Crippen LogP contribution in [0, 0.1) is 0 Å². The summed E-state index contributed by atoms with van der Waals surface area (Å²) >= 11 is 1.93. The summed E-state index contributed by atoms with van der Waals surface area (Å²) in [5.74, 6) is 3.06. The molecule has 5 nitrogen and oxygen atoms in total. The highest BCUT2D eigenvalue weighted by atomic mass is 32.2. The van der Waals surface area contributed by atoms with E-state index in [-0.39, 0.29) is 6.79 Å². The molecule has 0 fully saturated rings. The van der Waals surface area contributed by atoms with Gasteiger partial charge < -0.3 is 23.8 Å². The van der Waals surface area contributed by atoms with E-state index in [2.05, 4.69) is 53.4 Å². The van der Waals surface area contributed by atoms with Crippen LogP contribution in [0.5, 0.6) is 23.0 Å². The summed E-state index contributed by atoms with van der Waals surface area (Å²) in [5.41, 5.74) is 3.70. The van der Waals surface area contributed by atoms with Gasteiger partial charge in [-0.05, 0) is 53.9 Å². The second-order valence-corrected chi connectivity index (χ2v) is 8.84. The maximum Gasteiger partial charge on any atom is 0.231 e. The van der Waals surface area contributed by atoms with Crippen molar-refractivity contribution in [2.45, 2.75) is 23.1 Å². The lowest BCUT2D eigenvalue weighted by Gasteiger charge is -2.25. The molecule has 0 aromatic heterocycles. The summed E-state index contributed by atoms with van der Waals surface area (Å²) in [4.78, 5) is 3.74. The zero-order chi connectivity index (χ0) is 21.2. The molecule has 0 bridgehead atoms. The zero-order valence-corrected chi connectivity index (χ0v) is 18.5. The van der Waals surface area contributed by atoms with Gasteiger partial charge in [-0.2, -0.15) is 0 Å². The number of ether oxygens (including phenoxy) is 4. The lowest BCUT2D eigenvalue weighted by Crippen LogP contribution is -2.24. The molecule has 2 heterocycles. The van der Waals surface area contributed by atoms with Crippen LogP contribution >= 0.6 is 11.8 Å². The smallest absolute Gasteiger partial charge is 0.231 e. The largest absolute Gasteiger partial charge is 0.497 e. The van der Waals surface area contributed by atoms with E-state index >= 15 is 0 Å². The number of thioether (sulfide) groups is 1. The first kappa shape index (κ1) is 19.9. The quantitative estimate of drug-likeness (QED) is 0.514. The van der Waals surface area contributed by atoms with Gasteiger partial charge in [-0.25, -0.2) is 0 Å². The average Bonchev–Trinajstić information content (AvgIpc) is 3.21. The molecule has 31 heavy (non-hydrogen) atoms. The van der Waals surface area contributed by atoms with Crippen LogP contribution in [0.1, 0.15) is 22.8 Å². The minimum atomic E-state index is 0.237. The molecule has 0 radical (unpaired) electrons. The maximum absolute atomic E-state index is 5.62. The fourth-order valence-electron chi connectivity index (χ4n) is 4.16. The third kappa shape index (κ3) is 4.00. The van der Waals surface area contributed by atoms with Gasteiger partial charge in [0.25, 0.3) is 0 Å². The van der Waals surface area contributed by atoms with Gasteiger partial charge in [-0.15, -0.1) is 11.8 Å². The summed E-state index contributed by atoms with van der Waals surface area (Å²) in [5, 5.41) is 0.368. The highest BCUT2D eigenvalue weighted by Crippen LogP contribution is 2.47. The number of nitrogens with zero attached hydrogens (tertiary/aromatic N) is 1. The Morgan fingerprint density at radius 3 is 2.77 bits per heavy atom. The lowest BCUT2D eigenvalue weighted by atomic mass is 10.1. The number of rotatable bonds is 5. The van der Waals surface area contributed by atoms with Crippen molar-refractivity contribution >= 4 is 17.4 Å². The zero-order valence-electron chi connectivity index (χ0n) is 17.7. The van der Waals surface area contributed by atoms with E-state index in [0.717, 1.165) is 42.3 Å². The van der Waals surface area contributed by atoms with Crippen LogP contribution in [0.2, 0.25) is 0 Å². The Morgan fingerprint density at radius 1 is 1.00 bits per heavy atom. The van der Waals surface area contributed by atoms with Crippen molar-refractivity contribution in [2.24, 2.45) is 0 Å². The van der Waals surface area contributed by atoms with Crippen molar-refractivity contribution in [2.75, 3.05) is 32.5 Å². The molecule has 3 aromatic carbocycles. The van der Waals surface area contributed by atoms with Crippen LogP contribution in [0.4, 0.5) is 5.69 Å². The van der Waals surface area contributed by atoms with Gasteiger partial charge in [0.2, 0.25) is 12.5 Å². The number of benzene rings is 3. The van der Waals surface area contributed by atoms with Gasteiger partial charge in [0, 0.05) is 23.2 Å². The summed E-state index contributed by atoms with van der Waals surface area (Å²) in [6.45, 7) is 1.96. The second-order valence-electron chi connectivity index (χ2n) is 7.59. The van der Waals surface area contributed by atoms with Crippen molar-refractivity contribution in [1.29, 1.82) is 0 Å². The van der Waals surface area contributed by atoms with Gasteiger partial charge in [0.05, 0.1) is 19.9 Å². The summed E-state index contributed by atoms with van der Waals surface area (Å²) in [6.07, 6.45) is 1.04. The molecule has 0 aliphatic carbocycles. The maximum atomic E-state index is 5.62. The molecule has 2 aliphatic heterocycles. The first-order chi connectivity index (χ1) is 15.2. The second kappa shape index (κ2) is 8.63. The Morgan fingerprint density at radius 2 is 1.90 bits per heavy atom. The van der Waals surface area contributed by atoms with E-state index in [1.807, 2.05) is 23.9 Å². The van der Waals surface area contributed by atoms with E-state index in [1.54, 1.807) is 14.2 Å². The Hall–Kier alpha value is -2.99. The Labute approximate surface area is 186 Å². The average molecular weight is 436 g/mol. The summed E-state index contributed by atoms with van der Waals surface area (Å²) in [7, 11) is 3.38. The standard InChI is InChI=1S/C25H25NO4S/c1-27-19-7-5-6-18(14-19)23-10-11-26(20-8-3-4-9-24(20)31-23)15-17-12-21(28-2)25-22(13-17)29-16-30-25/h3-9,12-14,23H,10-11,15-16H2,1-2H3. The molecule has 0 saturated carbocycles. The van der Waals surface area contributed by atoms with Gasteiger partial charge in [0.1, 0.15) is 5.75 Å². The monoisotopic (exact) mass is 435 g/mol. The van der Waals surface area contributed by atoms with E-state index in [9.17, 15) is 0 Å². The molecule has 1 atom stereocenters. The fourth-order valence-corrected chi connectivity index (χ4v) is 5.45. The van der Waals surface area contributed by atoms with Gasteiger partial charge in [0.15, 0.2) is 11.5 Å². The lowest BCUT2D eigenvalue weighted by molar-refractivity contribution is 0.171. The van der Waals surface area contributed by atoms with Crippen molar-refractivity contribution in [3.63, 3.8) is 0 Å². The van der Waals surface area contributed by atoms with Crippen LogP contribution in [0.15, 0.2) is 65.6 Å². The summed E-state index contributed by atoms with van der Waals surface area (Å²) < 4.78 is 22.2. The number of para-hydroxylation sites is 1. The Bertz CT molecular complexity index is 1090. The van der Waals surface area contributed by atoms with Crippen LogP contribution < -0.4 is 23.8 Å². The molecule has 2 aliphatic rings. The molecule has 0 N–H and O–H groups in total. The molecule has 0 spiro atoms. The van der Waals surface area contributed by atoms with Gasteiger partial charge >= 0.3 is 0 Å². The fraction of sp³-hybridized carbons (Fsp3) is 0.280. The van der Waals surface area contributed by atoms with Crippen LogP contribution in [-0.2, 0) is 6.54 Å². The van der Waals surface area contributed by atoms with Gasteiger partial charge in [-0.3, -0.25) is 0 Å². The molecule has 160 valence electrons.